The van der Waals surface area contributed by atoms with Crippen LogP contribution in [0.4, 0.5) is 0 Å². The van der Waals surface area contributed by atoms with Crippen LogP contribution >= 0.6 is 0 Å². The van der Waals surface area contributed by atoms with Crippen LogP contribution in [0.1, 0.15) is 41.5 Å². The number of nitrogens with one attached hydrogen (secondary N) is 1. The highest BCUT2D eigenvalue weighted by Gasteiger charge is 2.34. The normalized spacial score (nSPS) is 28.2. The molecule has 0 aliphatic carbocycles. The molecule has 1 saturated heterocycles. The molecule has 2 atom stereocenters. The first-order valence-electron chi connectivity index (χ1n) is 6.95. The van der Waals surface area contributed by atoms with Crippen LogP contribution < -0.4 is 5.32 Å². The highest BCUT2D eigenvalue weighted by Crippen LogP contribution is 2.25. The summed E-state index contributed by atoms with van der Waals surface area (Å²) in [5.74, 6) is 0.716. The molecule has 1 heterocycles. The Morgan fingerprint density at radius 3 is 2.47 bits per heavy atom. The van der Waals surface area contributed by atoms with E-state index in [0.29, 0.717) is 23.4 Å². The Hall–Kier alpha value is -0.340. The molecule has 0 aromatic heterocycles. The molecule has 100 valence electrons. The van der Waals surface area contributed by atoms with Gasteiger partial charge in [0.2, 0.25) is 0 Å². The van der Waals surface area contributed by atoms with E-state index in [9.17, 15) is 0 Å². The molecule has 0 amide bonds. The highest BCUT2D eigenvalue weighted by atomic mass is 15.2. The Bertz CT molecular complexity index is 250. The largest absolute Gasteiger partial charge is 0.311 e. The molecule has 1 aliphatic heterocycles. The number of piperazine rings is 1. The summed E-state index contributed by atoms with van der Waals surface area (Å²) in [4.78, 5) is 2.64. The maximum Gasteiger partial charge on any atom is 0.0247 e. The van der Waals surface area contributed by atoms with Crippen molar-refractivity contribution < 1.29 is 0 Å². The minimum Gasteiger partial charge on any atom is -0.311 e. The van der Waals surface area contributed by atoms with Crippen molar-refractivity contribution in [2.75, 3.05) is 19.6 Å². The molecular weight excluding hydrogens is 208 g/mol. The molecule has 2 nitrogen and oxygen atoms in total. The van der Waals surface area contributed by atoms with Crippen molar-refractivity contribution in [2.45, 2.75) is 53.6 Å². The van der Waals surface area contributed by atoms with Crippen LogP contribution in [0.5, 0.6) is 0 Å². The first-order valence-corrected chi connectivity index (χ1v) is 6.95. The molecule has 17 heavy (non-hydrogen) atoms. The number of hydrogen-bond donors (Lipinski definition) is 1. The molecule has 0 aromatic rings. The van der Waals surface area contributed by atoms with Gasteiger partial charge in [0.25, 0.3) is 0 Å². The highest BCUT2D eigenvalue weighted by molar-refractivity contribution is 4.95. The second-order valence-electron chi connectivity index (χ2n) is 6.66. The standard InChI is InChI=1S/C15H30N2/c1-7-8-9-17-11-14(15(4,5)6)16-10-13(17)12(2)3/h7-8,12-14,16H,9-11H2,1-6H3/b8-7+. The van der Waals surface area contributed by atoms with Gasteiger partial charge in [0.05, 0.1) is 0 Å². The van der Waals surface area contributed by atoms with Crippen LogP contribution in [0.25, 0.3) is 0 Å². The van der Waals surface area contributed by atoms with Gasteiger partial charge >= 0.3 is 0 Å². The Morgan fingerprint density at radius 1 is 1.35 bits per heavy atom. The van der Waals surface area contributed by atoms with Crippen LogP contribution in [-0.4, -0.2) is 36.6 Å². The van der Waals surface area contributed by atoms with Gasteiger partial charge in [0, 0.05) is 31.7 Å². The Kier molecular flexibility index (Phi) is 5.21. The maximum atomic E-state index is 3.73. The van der Waals surface area contributed by atoms with Crippen LogP contribution in [-0.2, 0) is 0 Å². The molecule has 1 fully saturated rings. The lowest BCUT2D eigenvalue weighted by atomic mass is 9.83. The van der Waals surface area contributed by atoms with Gasteiger partial charge in [-0.2, -0.15) is 0 Å². The molecule has 1 aliphatic rings. The fourth-order valence-electron chi connectivity index (χ4n) is 2.51. The van der Waals surface area contributed by atoms with Crippen LogP contribution in [0.15, 0.2) is 12.2 Å². The van der Waals surface area contributed by atoms with Crippen LogP contribution in [0, 0.1) is 11.3 Å². The number of nitrogens with zero attached hydrogens (tertiary/aromatic N) is 1. The van der Waals surface area contributed by atoms with E-state index in [1.54, 1.807) is 0 Å². The summed E-state index contributed by atoms with van der Waals surface area (Å²) in [5, 5.41) is 3.73. The van der Waals surface area contributed by atoms with Gasteiger partial charge in [0.1, 0.15) is 0 Å². The molecule has 1 N–H and O–H groups in total. The van der Waals surface area contributed by atoms with Crippen LogP contribution in [0.3, 0.4) is 0 Å². The quantitative estimate of drug-likeness (QED) is 0.761. The van der Waals surface area contributed by atoms with Gasteiger partial charge in [0.15, 0.2) is 0 Å². The third-order valence-electron chi connectivity index (χ3n) is 3.85. The van der Waals surface area contributed by atoms with E-state index >= 15 is 0 Å². The summed E-state index contributed by atoms with van der Waals surface area (Å²) >= 11 is 0. The van der Waals surface area contributed by atoms with E-state index in [2.05, 4.69) is 63.9 Å². The zero-order chi connectivity index (χ0) is 13.1. The average Bonchev–Trinajstić information content (AvgIpc) is 2.24. The monoisotopic (exact) mass is 238 g/mol. The van der Waals surface area contributed by atoms with Gasteiger partial charge < -0.3 is 5.32 Å². The average molecular weight is 238 g/mol. The molecule has 0 bridgehead atoms. The van der Waals surface area contributed by atoms with Gasteiger partial charge in [-0.3, -0.25) is 4.90 Å². The predicted octanol–water partition coefficient (Wildman–Crippen LogP) is 2.91. The van der Waals surface area contributed by atoms with E-state index in [4.69, 9.17) is 0 Å². The van der Waals surface area contributed by atoms with Gasteiger partial charge in [-0.05, 0) is 18.3 Å². The minimum atomic E-state index is 0.343. The summed E-state index contributed by atoms with van der Waals surface area (Å²) in [6.45, 7) is 17.1. The Morgan fingerprint density at radius 2 is 2.00 bits per heavy atom. The van der Waals surface area contributed by atoms with Crippen LogP contribution in [0.2, 0.25) is 0 Å². The third-order valence-corrected chi connectivity index (χ3v) is 3.85. The van der Waals surface area contributed by atoms with E-state index in [0.717, 1.165) is 19.6 Å². The van der Waals surface area contributed by atoms with Gasteiger partial charge in [-0.15, -0.1) is 0 Å². The molecule has 0 aromatic carbocycles. The van der Waals surface area contributed by atoms with E-state index in [-0.39, 0.29) is 0 Å². The number of rotatable bonds is 3. The topological polar surface area (TPSA) is 15.3 Å². The van der Waals surface area contributed by atoms with Crippen molar-refractivity contribution in [1.29, 1.82) is 0 Å². The summed E-state index contributed by atoms with van der Waals surface area (Å²) < 4.78 is 0. The molecule has 0 saturated carbocycles. The van der Waals surface area contributed by atoms with Crippen molar-refractivity contribution in [3.05, 3.63) is 12.2 Å². The van der Waals surface area contributed by atoms with Crippen molar-refractivity contribution in [3.8, 4) is 0 Å². The van der Waals surface area contributed by atoms with Crippen molar-refractivity contribution in [2.24, 2.45) is 11.3 Å². The zero-order valence-electron chi connectivity index (χ0n) is 12.5. The summed E-state index contributed by atoms with van der Waals surface area (Å²) in [7, 11) is 0. The molecule has 2 unspecified atom stereocenters. The summed E-state index contributed by atoms with van der Waals surface area (Å²) in [6, 6.07) is 1.27. The first kappa shape index (κ1) is 14.7. The fraction of sp³-hybridized carbons (Fsp3) is 0.867. The zero-order valence-corrected chi connectivity index (χ0v) is 12.5. The van der Waals surface area contributed by atoms with Crippen molar-refractivity contribution in [3.63, 3.8) is 0 Å². The van der Waals surface area contributed by atoms with E-state index < -0.39 is 0 Å². The van der Waals surface area contributed by atoms with E-state index in [1.165, 1.54) is 0 Å². The predicted molar refractivity (Wildman–Crippen MR) is 76.3 cm³/mol. The molecule has 0 spiro atoms. The fourth-order valence-corrected chi connectivity index (χ4v) is 2.51. The maximum absolute atomic E-state index is 3.73. The molecular formula is C15H30N2. The summed E-state index contributed by atoms with van der Waals surface area (Å²) in [6.07, 6.45) is 4.44. The molecule has 0 radical (unpaired) electrons. The Balaban J connectivity index is 2.69. The van der Waals surface area contributed by atoms with Crippen molar-refractivity contribution >= 4 is 0 Å². The van der Waals surface area contributed by atoms with Crippen molar-refractivity contribution in [1.82, 2.24) is 10.2 Å². The molecule has 1 rings (SSSR count). The molecule has 2 heteroatoms. The lowest BCUT2D eigenvalue weighted by Gasteiger charge is -2.46. The lowest BCUT2D eigenvalue weighted by Crippen LogP contribution is -2.61. The number of allylic oxidation sites excluding steroid dienone is 1. The second kappa shape index (κ2) is 6.01. The third kappa shape index (κ3) is 4.11. The SMILES string of the molecule is C/C=C/CN1CC(C(C)(C)C)NCC1C(C)C. The minimum absolute atomic E-state index is 0.343. The second-order valence-corrected chi connectivity index (χ2v) is 6.66. The van der Waals surface area contributed by atoms with Gasteiger partial charge in [-0.25, -0.2) is 0 Å². The Labute approximate surface area is 107 Å². The van der Waals surface area contributed by atoms with E-state index in [1.807, 2.05) is 0 Å². The lowest BCUT2D eigenvalue weighted by molar-refractivity contribution is 0.0730. The van der Waals surface area contributed by atoms with Gasteiger partial charge in [-0.1, -0.05) is 46.8 Å². The smallest absolute Gasteiger partial charge is 0.0247 e. The first-order chi connectivity index (χ1) is 7.86. The summed E-state index contributed by atoms with van der Waals surface area (Å²) in [5.41, 5.74) is 0.343. The number of hydrogen-bond acceptors (Lipinski definition) is 2.